The normalized spacial score (nSPS) is 10.4. The Labute approximate surface area is 168 Å². The quantitative estimate of drug-likeness (QED) is 0.468. The number of nitrogens with zero attached hydrogens (tertiary/aromatic N) is 2. The number of carbonyl (C=O) groups is 2. The smallest absolute Gasteiger partial charge is 0.269 e. The summed E-state index contributed by atoms with van der Waals surface area (Å²) in [6, 6.07) is 11.9. The number of halogens is 1. The van der Waals surface area contributed by atoms with Crippen LogP contribution in [0.15, 0.2) is 48.5 Å². The van der Waals surface area contributed by atoms with E-state index in [1.807, 2.05) is 0 Å². The van der Waals surface area contributed by atoms with Gasteiger partial charge < -0.3 is 5.32 Å². The van der Waals surface area contributed by atoms with Crippen LogP contribution in [0.5, 0.6) is 0 Å². The molecule has 0 spiro atoms. The summed E-state index contributed by atoms with van der Waals surface area (Å²) in [7, 11) is 0. The van der Waals surface area contributed by atoms with Gasteiger partial charge >= 0.3 is 0 Å². The summed E-state index contributed by atoms with van der Waals surface area (Å²) in [5.41, 5.74) is 1.13. The van der Waals surface area contributed by atoms with Crippen molar-refractivity contribution in [3.05, 3.63) is 79.8 Å². The van der Waals surface area contributed by atoms with Gasteiger partial charge in [-0.05, 0) is 37.3 Å². The van der Waals surface area contributed by atoms with Crippen molar-refractivity contribution in [1.29, 1.82) is 0 Å². The average Bonchev–Trinajstić information content (AvgIpc) is 3.02. The topological polar surface area (TPSA) is 114 Å². The summed E-state index contributed by atoms with van der Waals surface area (Å²) in [5.74, 6) is -0.849. The molecule has 0 aliphatic heterocycles. The van der Waals surface area contributed by atoms with Crippen LogP contribution < -0.4 is 10.6 Å². The largest absolute Gasteiger partial charge is 0.321 e. The third-order valence-electron chi connectivity index (χ3n) is 3.65. The molecule has 2 aromatic carbocycles. The molecule has 8 nitrogen and oxygen atoms in total. The molecule has 0 atom stereocenters. The number of thiazole rings is 1. The lowest BCUT2D eigenvalue weighted by atomic mass is 10.2. The van der Waals surface area contributed by atoms with Crippen LogP contribution in [-0.4, -0.2) is 21.7 Å². The van der Waals surface area contributed by atoms with Crippen LogP contribution in [0.25, 0.3) is 0 Å². The number of aryl methyl sites for hydroxylation is 1. The van der Waals surface area contributed by atoms with Crippen LogP contribution in [0.1, 0.15) is 25.7 Å². The molecule has 0 saturated heterocycles. The first kappa shape index (κ1) is 19.5. The second-order valence-corrected chi connectivity index (χ2v) is 7.09. The number of nitrogens with one attached hydrogen (secondary N) is 2. The van der Waals surface area contributed by atoms with Crippen molar-refractivity contribution in [3.8, 4) is 0 Å². The van der Waals surface area contributed by atoms with Gasteiger partial charge in [0.2, 0.25) is 0 Å². The number of rotatable bonds is 5. The Balaban J connectivity index is 1.71. The van der Waals surface area contributed by atoms with Crippen molar-refractivity contribution in [2.75, 3.05) is 10.6 Å². The highest BCUT2D eigenvalue weighted by molar-refractivity contribution is 7.17. The maximum Gasteiger partial charge on any atom is 0.269 e. The molecule has 28 heavy (non-hydrogen) atoms. The van der Waals surface area contributed by atoms with E-state index in [0.29, 0.717) is 21.3 Å². The van der Waals surface area contributed by atoms with Gasteiger partial charge in [0.25, 0.3) is 17.5 Å². The Kier molecular flexibility index (Phi) is 5.67. The van der Waals surface area contributed by atoms with Crippen molar-refractivity contribution in [1.82, 2.24) is 4.98 Å². The molecule has 0 fully saturated rings. The first-order valence-corrected chi connectivity index (χ1v) is 9.13. The van der Waals surface area contributed by atoms with Crippen molar-refractivity contribution in [3.63, 3.8) is 0 Å². The average molecular weight is 417 g/mol. The van der Waals surface area contributed by atoms with Crippen molar-refractivity contribution < 1.29 is 14.5 Å². The minimum absolute atomic E-state index is 0.110. The molecular weight excluding hydrogens is 404 g/mol. The number of anilines is 2. The molecule has 0 radical (unpaired) electrons. The first-order valence-electron chi connectivity index (χ1n) is 7.93. The number of nitro groups is 1. The molecule has 3 rings (SSSR count). The lowest BCUT2D eigenvalue weighted by molar-refractivity contribution is -0.384. The molecule has 142 valence electrons. The van der Waals surface area contributed by atoms with E-state index >= 15 is 0 Å². The Morgan fingerprint density at radius 1 is 1.11 bits per heavy atom. The SMILES string of the molecule is Cc1nc(NC(=O)c2ccc([N+](=O)[O-])cc2)sc1C(=O)Nc1cccc(Cl)c1. The highest BCUT2D eigenvalue weighted by atomic mass is 35.5. The number of non-ortho nitro benzene ring substituents is 1. The van der Waals surface area contributed by atoms with E-state index in [4.69, 9.17) is 11.6 Å². The maximum atomic E-state index is 12.5. The Hall–Kier alpha value is -3.30. The predicted octanol–water partition coefficient (Wildman–Crippen LogP) is 4.52. The Bertz CT molecular complexity index is 1070. The van der Waals surface area contributed by atoms with Crippen LogP contribution >= 0.6 is 22.9 Å². The molecule has 10 heteroatoms. The molecule has 3 aromatic rings. The number of aromatic nitrogens is 1. The summed E-state index contributed by atoms with van der Waals surface area (Å²) < 4.78 is 0. The third kappa shape index (κ3) is 4.51. The molecule has 1 aromatic heterocycles. The van der Waals surface area contributed by atoms with Gasteiger partial charge in [0.05, 0.1) is 10.6 Å². The molecule has 0 unspecified atom stereocenters. The van der Waals surface area contributed by atoms with Gasteiger partial charge in [0.15, 0.2) is 5.13 Å². The van der Waals surface area contributed by atoms with Gasteiger partial charge in [-0.2, -0.15) is 0 Å². The van der Waals surface area contributed by atoms with Crippen LogP contribution in [0, 0.1) is 17.0 Å². The third-order valence-corrected chi connectivity index (χ3v) is 4.95. The lowest BCUT2D eigenvalue weighted by Crippen LogP contribution is -2.11. The van der Waals surface area contributed by atoms with Gasteiger partial charge in [-0.25, -0.2) is 4.98 Å². The number of amides is 2. The number of hydrogen-bond acceptors (Lipinski definition) is 6. The Morgan fingerprint density at radius 3 is 2.46 bits per heavy atom. The molecular formula is C18H13ClN4O4S. The zero-order chi connectivity index (χ0) is 20.3. The van der Waals surface area contributed by atoms with Crippen LogP contribution in [0.2, 0.25) is 5.02 Å². The summed E-state index contributed by atoms with van der Waals surface area (Å²) in [4.78, 5) is 39.4. The van der Waals surface area contributed by atoms with E-state index in [9.17, 15) is 19.7 Å². The van der Waals surface area contributed by atoms with Gasteiger partial charge in [-0.3, -0.25) is 25.0 Å². The molecule has 1 heterocycles. The molecule has 2 amide bonds. The monoisotopic (exact) mass is 416 g/mol. The van der Waals surface area contributed by atoms with Crippen LogP contribution in [0.3, 0.4) is 0 Å². The summed E-state index contributed by atoms with van der Waals surface area (Å²) in [6.45, 7) is 1.66. The second kappa shape index (κ2) is 8.15. The van der Waals surface area contributed by atoms with Gasteiger partial charge in [0.1, 0.15) is 4.88 Å². The van der Waals surface area contributed by atoms with Gasteiger partial charge in [-0.1, -0.05) is 29.0 Å². The number of hydrogen-bond donors (Lipinski definition) is 2. The van der Waals surface area contributed by atoms with E-state index in [1.165, 1.54) is 24.3 Å². The van der Waals surface area contributed by atoms with E-state index in [-0.39, 0.29) is 22.3 Å². The zero-order valence-corrected chi connectivity index (χ0v) is 16.0. The minimum atomic E-state index is -0.545. The van der Waals surface area contributed by atoms with Crippen LogP contribution in [-0.2, 0) is 0 Å². The Morgan fingerprint density at radius 2 is 1.82 bits per heavy atom. The number of benzene rings is 2. The highest BCUT2D eigenvalue weighted by Gasteiger charge is 2.18. The van der Waals surface area contributed by atoms with Crippen LogP contribution in [0.4, 0.5) is 16.5 Å². The molecule has 0 aliphatic rings. The van der Waals surface area contributed by atoms with E-state index in [1.54, 1.807) is 31.2 Å². The van der Waals surface area contributed by atoms with Gasteiger partial charge in [0, 0.05) is 28.4 Å². The van der Waals surface area contributed by atoms with Crippen molar-refractivity contribution in [2.45, 2.75) is 6.92 Å². The number of nitro benzene ring substituents is 1. The standard InChI is InChI=1S/C18H13ClN4O4S/c1-10-15(17(25)21-13-4-2-3-12(19)9-13)28-18(20-10)22-16(24)11-5-7-14(8-6-11)23(26)27/h2-9H,1H3,(H,21,25)(H,20,22,24). The summed E-state index contributed by atoms with van der Waals surface area (Å²) >= 11 is 6.93. The van der Waals surface area contributed by atoms with E-state index in [2.05, 4.69) is 15.6 Å². The summed E-state index contributed by atoms with van der Waals surface area (Å²) in [6.07, 6.45) is 0. The van der Waals surface area contributed by atoms with E-state index in [0.717, 1.165) is 11.3 Å². The molecule has 2 N–H and O–H groups in total. The second-order valence-electron chi connectivity index (χ2n) is 5.66. The van der Waals surface area contributed by atoms with Crippen molar-refractivity contribution in [2.24, 2.45) is 0 Å². The highest BCUT2D eigenvalue weighted by Crippen LogP contribution is 2.25. The summed E-state index contributed by atoms with van der Waals surface area (Å²) in [5, 5.41) is 16.7. The molecule has 0 aliphatic carbocycles. The zero-order valence-electron chi connectivity index (χ0n) is 14.4. The first-order chi connectivity index (χ1) is 13.3. The lowest BCUT2D eigenvalue weighted by Gasteiger charge is -2.04. The van der Waals surface area contributed by atoms with Gasteiger partial charge in [-0.15, -0.1) is 0 Å². The minimum Gasteiger partial charge on any atom is -0.321 e. The number of carbonyl (C=O) groups excluding carboxylic acids is 2. The fraction of sp³-hybridized carbons (Fsp3) is 0.0556. The fourth-order valence-electron chi connectivity index (χ4n) is 2.32. The van der Waals surface area contributed by atoms with Crippen molar-refractivity contribution >= 4 is 51.3 Å². The van der Waals surface area contributed by atoms with E-state index < -0.39 is 10.8 Å². The maximum absolute atomic E-state index is 12.5. The fourth-order valence-corrected chi connectivity index (χ4v) is 3.37. The predicted molar refractivity (Wildman–Crippen MR) is 107 cm³/mol. The molecule has 0 bridgehead atoms. The molecule has 0 saturated carbocycles.